The molecule has 1 unspecified atom stereocenters. The molecule has 19 heavy (non-hydrogen) atoms. The van der Waals surface area contributed by atoms with E-state index >= 15 is 0 Å². The molecule has 3 N–H and O–H groups in total. The van der Waals surface area contributed by atoms with E-state index in [0.717, 1.165) is 45.2 Å². The summed E-state index contributed by atoms with van der Waals surface area (Å²) in [6.45, 7) is 4.76. The monoisotopic (exact) mass is 268 g/mol. The Morgan fingerprint density at radius 1 is 1.26 bits per heavy atom. The van der Waals surface area contributed by atoms with Crippen molar-refractivity contribution in [2.24, 2.45) is 10.8 Å². The Bertz CT molecular complexity index is 305. The average Bonchev–Trinajstić information content (AvgIpc) is 2.95. The number of carbonyl (C=O) groups excluding carboxylic acids is 1. The second kappa shape index (κ2) is 6.23. The lowest BCUT2D eigenvalue weighted by atomic mass is 9.77. The quantitative estimate of drug-likeness (QED) is 0.707. The van der Waals surface area contributed by atoms with Gasteiger partial charge in [0.05, 0.1) is 12.0 Å². The van der Waals surface area contributed by atoms with E-state index in [4.69, 9.17) is 0 Å². The number of rotatable bonds is 5. The van der Waals surface area contributed by atoms with Crippen molar-refractivity contribution in [3.63, 3.8) is 0 Å². The summed E-state index contributed by atoms with van der Waals surface area (Å²) in [5.74, 6) is 0.182. The maximum atomic E-state index is 12.5. The molecule has 110 valence electrons. The van der Waals surface area contributed by atoms with Crippen LogP contribution in [0.4, 0.5) is 0 Å². The van der Waals surface area contributed by atoms with Gasteiger partial charge in [0, 0.05) is 18.5 Å². The van der Waals surface area contributed by atoms with Gasteiger partial charge in [0.15, 0.2) is 0 Å². The molecule has 0 aromatic rings. The van der Waals surface area contributed by atoms with Crippen LogP contribution in [0.1, 0.15) is 51.9 Å². The summed E-state index contributed by atoms with van der Waals surface area (Å²) < 4.78 is 0. The zero-order valence-corrected chi connectivity index (χ0v) is 12.1. The van der Waals surface area contributed by atoms with Crippen molar-refractivity contribution in [1.82, 2.24) is 10.6 Å². The van der Waals surface area contributed by atoms with Gasteiger partial charge in [-0.25, -0.2) is 0 Å². The number of aliphatic hydroxyl groups excluding tert-OH is 1. The number of hydrogen-bond acceptors (Lipinski definition) is 3. The largest absolute Gasteiger partial charge is 0.396 e. The van der Waals surface area contributed by atoms with Crippen LogP contribution in [-0.4, -0.2) is 37.3 Å². The zero-order valence-electron chi connectivity index (χ0n) is 12.1. The molecule has 2 fully saturated rings. The minimum Gasteiger partial charge on any atom is -0.396 e. The van der Waals surface area contributed by atoms with Gasteiger partial charge in [0.2, 0.25) is 5.91 Å². The maximum Gasteiger partial charge on any atom is 0.227 e. The van der Waals surface area contributed by atoms with Crippen LogP contribution in [0.2, 0.25) is 0 Å². The van der Waals surface area contributed by atoms with Crippen LogP contribution in [0.5, 0.6) is 0 Å². The highest BCUT2D eigenvalue weighted by Crippen LogP contribution is 2.37. The molecule has 1 saturated heterocycles. The van der Waals surface area contributed by atoms with Crippen molar-refractivity contribution in [2.75, 3.05) is 26.2 Å². The second-order valence-corrected chi connectivity index (χ2v) is 6.46. The van der Waals surface area contributed by atoms with E-state index in [0.29, 0.717) is 6.54 Å². The van der Waals surface area contributed by atoms with Gasteiger partial charge in [-0.15, -0.1) is 0 Å². The van der Waals surface area contributed by atoms with Gasteiger partial charge in [-0.3, -0.25) is 4.79 Å². The third-order valence-electron chi connectivity index (χ3n) is 5.25. The molecule has 0 aromatic carbocycles. The number of hydrogen-bond donors (Lipinski definition) is 3. The minimum absolute atomic E-state index is 0.0489. The number of aliphatic hydroxyl groups is 1. The molecule has 0 aromatic heterocycles. The predicted molar refractivity (Wildman–Crippen MR) is 75.8 cm³/mol. The predicted octanol–water partition coefficient (Wildman–Crippen LogP) is 1.44. The first-order valence-electron chi connectivity index (χ1n) is 7.76. The number of amides is 1. The molecular formula is C15H28N2O2. The highest BCUT2D eigenvalue weighted by Gasteiger charge is 2.40. The van der Waals surface area contributed by atoms with E-state index in [-0.39, 0.29) is 23.3 Å². The Morgan fingerprint density at radius 3 is 2.53 bits per heavy atom. The zero-order chi connectivity index (χ0) is 13.8. The summed E-state index contributed by atoms with van der Waals surface area (Å²) in [5.41, 5.74) is -0.278. The van der Waals surface area contributed by atoms with Crippen LogP contribution >= 0.6 is 0 Å². The summed E-state index contributed by atoms with van der Waals surface area (Å²) in [5, 5.41) is 16.1. The fourth-order valence-electron chi connectivity index (χ4n) is 3.60. The molecule has 2 rings (SSSR count). The van der Waals surface area contributed by atoms with E-state index in [1.807, 2.05) is 0 Å². The summed E-state index contributed by atoms with van der Waals surface area (Å²) in [7, 11) is 0. The summed E-state index contributed by atoms with van der Waals surface area (Å²) in [4.78, 5) is 12.5. The molecule has 0 radical (unpaired) electrons. The molecule has 0 bridgehead atoms. The van der Waals surface area contributed by atoms with Crippen LogP contribution in [0.3, 0.4) is 0 Å². The lowest BCUT2D eigenvalue weighted by Crippen LogP contribution is -2.52. The lowest BCUT2D eigenvalue weighted by Gasteiger charge is -2.37. The molecule has 4 heteroatoms. The third-order valence-corrected chi connectivity index (χ3v) is 5.25. The van der Waals surface area contributed by atoms with Crippen LogP contribution in [0.25, 0.3) is 0 Å². The molecule has 1 atom stereocenters. The Labute approximate surface area is 116 Å². The van der Waals surface area contributed by atoms with Crippen LogP contribution in [0, 0.1) is 10.8 Å². The molecule has 1 saturated carbocycles. The van der Waals surface area contributed by atoms with Crippen LogP contribution in [0.15, 0.2) is 0 Å². The fourth-order valence-corrected chi connectivity index (χ4v) is 3.60. The molecule has 1 aliphatic heterocycles. The summed E-state index contributed by atoms with van der Waals surface area (Å²) in [6.07, 6.45) is 7.38. The van der Waals surface area contributed by atoms with E-state index in [1.165, 1.54) is 12.8 Å². The normalized spacial score (nSPS) is 30.2. The van der Waals surface area contributed by atoms with Crippen LogP contribution < -0.4 is 10.6 Å². The van der Waals surface area contributed by atoms with Gasteiger partial charge in [-0.2, -0.15) is 0 Å². The first-order chi connectivity index (χ1) is 9.16. The van der Waals surface area contributed by atoms with Gasteiger partial charge in [0.1, 0.15) is 0 Å². The first-order valence-corrected chi connectivity index (χ1v) is 7.76. The van der Waals surface area contributed by atoms with E-state index in [9.17, 15) is 9.90 Å². The van der Waals surface area contributed by atoms with Crippen molar-refractivity contribution < 1.29 is 9.90 Å². The smallest absolute Gasteiger partial charge is 0.227 e. The van der Waals surface area contributed by atoms with Crippen LogP contribution in [-0.2, 0) is 4.79 Å². The molecule has 1 aliphatic carbocycles. The van der Waals surface area contributed by atoms with Crippen molar-refractivity contribution >= 4 is 5.91 Å². The van der Waals surface area contributed by atoms with Crippen molar-refractivity contribution in [2.45, 2.75) is 51.9 Å². The molecule has 1 heterocycles. The first kappa shape index (κ1) is 14.8. The fraction of sp³-hybridized carbons (Fsp3) is 0.933. The molecule has 1 amide bonds. The average molecular weight is 268 g/mol. The van der Waals surface area contributed by atoms with E-state index in [1.54, 1.807) is 0 Å². The van der Waals surface area contributed by atoms with Crippen molar-refractivity contribution in [3.8, 4) is 0 Å². The molecule has 4 nitrogen and oxygen atoms in total. The highest BCUT2D eigenvalue weighted by atomic mass is 16.3. The third kappa shape index (κ3) is 3.11. The Kier molecular flexibility index (Phi) is 4.85. The summed E-state index contributed by atoms with van der Waals surface area (Å²) >= 11 is 0. The highest BCUT2D eigenvalue weighted by molar-refractivity contribution is 5.83. The Balaban J connectivity index is 1.92. The number of nitrogens with one attached hydrogen (secondary N) is 2. The number of piperidine rings is 1. The van der Waals surface area contributed by atoms with E-state index in [2.05, 4.69) is 17.6 Å². The Morgan fingerprint density at radius 2 is 2.00 bits per heavy atom. The van der Waals surface area contributed by atoms with E-state index < -0.39 is 0 Å². The minimum atomic E-state index is -0.229. The number of carbonyl (C=O) groups is 1. The lowest BCUT2D eigenvalue weighted by molar-refractivity contribution is -0.133. The SMILES string of the molecule is CCC1(C(=O)NCC2(CO)CCCC2)CCCNC1. The molecule has 0 spiro atoms. The topological polar surface area (TPSA) is 61.4 Å². The van der Waals surface area contributed by atoms with Gasteiger partial charge in [-0.1, -0.05) is 19.8 Å². The van der Waals surface area contributed by atoms with Gasteiger partial charge >= 0.3 is 0 Å². The van der Waals surface area contributed by atoms with Crippen molar-refractivity contribution in [1.29, 1.82) is 0 Å². The standard InChI is InChI=1S/C15H28N2O2/c1-2-15(8-5-9-16-11-15)13(19)17-10-14(12-18)6-3-4-7-14/h16,18H,2-12H2,1H3,(H,17,19). The van der Waals surface area contributed by atoms with Crippen molar-refractivity contribution in [3.05, 3.63) is 0 Å². The summed E-state index contributed by atoms with van der Waals surface area (Å²) in [6, 6.07) is 0. The molecule has 2 aliphatic rings. The maximum absolute atomic E-state index is 12.5. The Hall–Kier alpha value is -0.610. The molecular weight excluding hydrogens is 240 g/mol. The van der Waals surface area contributed by atoms with Gasteiger partial charge in [-0.05, 0) is 38.6 Å². The second-order valence-electron chi connectivity index (χ2n) is 6.46. The van der Waals surface area contributed by atoms with Gasteiger partial charge in [0.25, 0.3) is 0 Å². The van der Waals surface area contributed by atoms with Gasteiger partial charge < -0.3 is 15.7 Å².